The largest absolute Gasteiger partial charge is 0.459 e. The maximum absolute atomic E-state index is 11.5. The van der Waals surface area contributed by atoms with Crippen molar-refractivity contribution in [1.29, 1.82) is 0 Å². The molecule has 1 atom stereocenters. The lowest BCUT2D eigenvalue weighted by Gasteiger charge is -2.12. The summed E-state index contributed by atoms with van der Waals surface area (Å²) in [6.45, 7) is 9.61. The normalized spacial score (nSPS) is 12.1. The second-order valence-corrected chi connectivity index (χ2v) is 10.2. The zero-order valence-corrected chi connectivity index (χ0v) is 22.4. The van der Waals surface area contributed by atoms with Crippen LogP contribution in [0.25, 0.3) is 0 Å². The van der Waals surface area contributed by atoms with E-state index >= 15 is 0 Å². The third-order valence-corrected chi connectivity index (χ3v) is 6.62. The second-order valence-electron chi connectivity index (χ2n) is 10.2. The summed E-state index contributed by atoms with van der Waals surface area (Å²) in [4.78, 5) is 11.5. The highest BCUT2D eigenvalue weighted by Gasteiger charge is 2.09. The Hall–Kier alpha value is -0.790. The molecule has 1 unspecified atom stereocenters. The summed E-state index contributed by atoms with van der Waals surface area (Å²) in [5.41, 5.74) is 0.492. The van der Waals surface area contributed by atoms with Crippen LogP contribution in [0.1, 0.15) is 168 Å². The fraction of sp³-hybridized carbons (Fsp3) is 0.900. The summed E-state index contributed by atoms with van der Waals surface area (Å²) >= 11 is 0. The molecule has 0 spiro atoms. The molecular weight excluding hydrogens is 392 g/mol. The molecule has 0 N–H and O–H groups in total. The molecule has 0 aliphatic rings. The minimum atomic E-state index is -0.253. The number of carbonyl (C=O) groups is 1. The van der Waals surface area contributed by atoms with Crippen molar-refractivity contribution in [2.45, 2.75) is 175 Å². The van der Waals surface area contributed by atoms with Gasteiger partial charge >= 0.3 is 5.97 Å². The molecule has 32 heavy (non-hydrogen) atoms. The maximum atomic E-state index is 11.5. The number of hydrogen-bond donors (Lipinski definition) is 0. The molecule has 0 saturated carbocycles. The van der Waals surface area contributed by atoms with Crippen LogP contribution in [0.15, 0.2) is 12.2 Å². The van der Waals surface area contributed by atoms with Gasteiger partial charge in [0.2, 0.25) is 0 Å². The van der Waals surface area contributed by atoms with Crippen LogP contribution in [-0.2, 0) is 9.53 Å². The minimum Gasteiger partial charge on any atom is -0.459 e. The maximum Gasteiger partial charge on any atom is 0.333 e. The van der Waals surface area contributed by atoms with Gasteiger partial charge in [0.1, 0.15) is 0 Å². The van der Waals surface area contributed by atoms with Gasteiger partial charge in [-0.2, -0.15) is 0 Å². The van der Waals surface area contributed by atoms with Crippen LogP contribution in [0.3, 0.4) is 0 Å². The van der Waals surface area contributed by atoms with Crippen LogP contribution >= 0.6 is 0 Å². The lowest BCUT2D eigenvalue weighted by atomic mass is 10.0. The Labute approximate surface area is 202 Å². The molecule has 0 heterocycles. The van der Waals surface area contributed by atoms with E-state index in [0.29, 0.717) is 5.57 Å². The van der Waals surface area contributed by atoms with Gasteiger partial charge in [0, 0.05) is 5.57 Å². The van der Waals surface area contributed by atoms with Crippen molar-refractivity contribution >= 4 is 5.97 Å². The molecule has 0 aliphatic heterocycles. The Bertz CT molecular complexity index is 415. The van der Waals surface area contributed by atoms with Gasteiger partial charge < -0.3 is 4.74 Å². The molecule has 0 rings (SSSR count). The quantitative estimate of drug-likeness (QED) is 0.0785. The van der Waals surface area contributed by atoms with E-state index in [2.05, 4.69) is 13.5 Å². The van der Waals surface area contributed by atoms with Crippen LogP contribution in [0.2, 0.25) is 0 Å². The van der Waals surface area contributed by atoms with E-state index in [-0.39, 0.29) is 12.1 Å². The van der Waals surface area contributed by atoms with Gasteiger partial charge in [-0.15, -0.1) is 0 Å². The number of esters is 1. The van der Waals surface area contributed by atoms with E-state index in [9.17, 15) is 4.79 Å². The van der Waals surface area contributed by atoms with Crippen molar-refractivity contribution in [3.05, 3.63) is 12.2 Å². The van der Waals surface area contributed by atoms with Crippen LogP contribution in [0.4, 0.5) is 0 Å². The summed E-state index contributed by atoms with van der Waals surface area (Å²) in [6.07, 6.45) is 32.0. The Balaban J connectivity index is 3.13. The van der Waals surface area contributed by atoms with E-state index in [0.717, 1.165) is 12.8 Å². The van der Waals surface area contributed by atoms with Gasteiger partial charge in [-0.05, 0) is 26.7 Å². The van der Waals surface area contributed by atoms with Crippen molar-refractivity contribution in [2.24, 2.45) is 0 Å². The van der Waals surface area contributed by atoms with E-state index < -0.39 is 0 Å². The van der Waals surface area contributed by atoms with Crippen molar-refractivity contribution in [3.8, 4) is 0 Å². The van der Waals surface area contributed by atoms with Crippen molar-refractivity contribution in [3.63, 3.8) is 0 Å². The Morgan fingerprint density at radius 3 is 1.16 bits per heavy atom. The first-order valence-electron chi connectivity index (χ1n) is 14.4. The van der Waals surface area contributed by atoms with E-state index in [1.54, 1.807) is 6.92 Å². The lowest BCUT2D eigenvalue weighted by molar-refractivity contribution is -0.143. The highest BCUT2D eigenvalue weighted by Crippen LogP contribution is 2.16. The summed E-state index contributed by atoms with van der Waals surface area (Å²) in [5, 5.41) is 0. The van der Waals surface area contributed by atoms with Gasteiger partial charge in [0.15, 0.2) is 0 Å². The molecule has 190 valence electrons. The summed E-state index contributed by atoms with van der Waals surface area (Å²) in [5.74, 6) is -0.253. The average molecular weight is 451 g/mol. The van der Waals surface area contributed by atoms with E-state index in [1.807, 2.05) is 6.92 Å². The number of rotatable bonds is 25. The van der Waals surface area contributed by atoms with Gasteiger partial charge in [0.05, 0.1) is 6.10 Å². The first-order chi connectivity index (χ1) is 15.6. The molecule has 0 radical (unpaired) electrons. The molecule has 0 aromatic heterocycles. The van der Waals surface area contributed by atoms with Crippen molar-refractivity contribution in [1.82, 2.24) is 0 Å². The van der Waals surface area contributed by atoms with Crippen LogP contribution in [0.5, 0.6) is 0 Å². The first-order valence-corrected chi connectivity index (χ1v) is 14.4. The number of carbonyl (C=O) groups excluding carboxylic acids is 1. The van der Waals surface area contributed by atoms with Gasteiger partial charge in [-0.25, -0.2) is 4.79 Å². The van der Waals surface area contributed by atoms with E-state index in [1.165, 1.54) is 135 Å². The molecule has 2 nitrogen and oxygen atoms in total. The highest BCUT2D eigenvalue weighted by atomic mass is 16.5. The zero-order valence-electron chi connectivity index (χ0n) is 22.4. The number of hydrogen-bond acceptors (Lipinski definition) is 2. The van der Waals surface area contributed by atoms with Crippen LogP contribution in [0, 0.1) is 0 Å². The van der Waals surface area contributed by atoms with Gasteiger partial charge in [0.25, 0.3) is 0 Å². The number of ether oxygens (including phenoxy) is 1. The van der Waals surface area contributed by atoms with Crippen molar-refractivity contribution < 1.29 is 9.53 Å². The fourth-order valence-electron chi connectivity index (χ4n) is 4.38. The second kappa shape index (κ2) is 24.8. The monoisotopic (exact) mass is 450 g/mol. The third-order valence-electron chi connectivity index (χ3n) is 6.62. The molecule has 0 aliphatic carbocycles. The standard InChI is InChI=1S/C30H58O2/c1-5-6-7-8-9-10-11-12-13-14-15-16-17-18-19-20-21-22-23-24-25-26-27-29(4)32-30(31)28(2)3/h29H,2,5-27H2,1,3-4H3. The molecule has 0 amide bonds. The molecule has 0 aromatic rings. The summed E-state index contributed by atoms with van der Waals surface area (Å²) in [7, 11) is 0. The third kappa shape index (κ3) is 23.9. The van der Waals surface area contributed by atoms with Gasteiger partial charge in [-0.3, -0.25) is 0 Å². The Morgan fingerprint density at radius 1 is 0.594 bits per heavy atom. The first kappa shape index (κ1) is 31.2. The molecule has 0 bridgehead atoms. The lowest BCUT2D eigenvalue weighted by Crippen LogP contribution is -2.15. The topological polar surface area (TPSA) is 26.3 Å². The predicted molar refractivity (Wildman–Crippen MR) is 142 cm³/mol. The molecule has 0 fully saturated rings. The SMILES string of the molecule is C=C(C)C(=O)OC(C)CCCCCCCCCCCCCCCCCCCCCCCC. The van der Waals surface area contributed by atoms with Crippen molar-refractivity contribution in [2.75, 3.05) is 0 Å². The average Bonchev–Trinajstić information content (AvgIpc) is 2.77. The smallest absolute Gasteiger partial charge is 0.333 e. The minimum absolute atomic E-state index is 0.0179. The highest BCUT2D eigenvalue weighted by molar-refractivity contribution is 5.87. The number of unbranched alkanes of at least 4 members (excludes halogenated alkanes) is 21. The predicted octanol–water partition coefficient (Wildman–Crippen LogP) is 10.5. The zero-order chi connectivity index (χ0) is 23.7. The summed E-state index contributed by atoms with van der Waals surface area (Å²) in [6, 6.07) is 0. The fourth-order valence-corrected chi connectivity index (χ4v) is 4.38. The van der Waals surface area contributed by atoms with Crippen LogP contribution < -0.4 is 0 Å². The van der Waals surface area contributed by atoms with E-state index in [4.69, 9.17) is 4.74 Å². The van der Waals surface area contributed by atoms with Crippen LogP contribution in [-0.4, -0.2) is 12.1 Å². The summed E-state index contributed by atoms with van der Waals surface area (Å²) < 4.78 is 5.32. The molecular formula is C30H58O2. The molecule has 2 heteroatoms. The van der Waals surface area contributed by atoms with Gasteiger partial charge in [-0.1, -0.05) is 148 Å². The molecule has 0 aromatic carbocycles. The Morgan fingerprint density at radius 2 is 0.875 bits per heavy atom. The Kier molecular flexibility index (Phi) is 24.2. The molecule has 0 saturated heterocycles.